The van der Waals surface area contributed by atoms with E-state index in [0.29, 0.717) is 5.56 Å². The molecule has 4 heteroatoms. The van der Waals surface area contributed by atoms with Gasteiger partial charge in [-0.1, -0.05) is 6.07 Å². The lowest BCUT2D eigenvalue weighted by Crippen LogP contribution is -1.98. The number of aryl methyl sites for hydroxylation is 1. The van der Waals surface area contributed by atoms with E-state index in [0.717, 1.165) is 9.75 Å². The Kier molecular flexibility index (Phi) is 3.45. The fourth-order valence-electron chi connectivity index (χ4n) is 1.62. The van der Waals surface area contributed by atoms with Crippen LogP contribution < -0.4 is 4.74 Å². The van der Waals surface area contributed by atoms with E-state index in [2.05, 4.69) is 0 Å². The number of hydrogen-bond acceptors (Lipinski definition) is 3. The molecule has 1 atom stereocenters. The SMILES string of the molecule is COc1ccc(C(O)c2ccc(C)s2)cc1F. The van der Waals surface area contributed by atoms with Crippen LogP contribution in [0.15, 0.2) is 30.3 Å². The third-order valence-electron chi connectivity index (χ3n) is 2.52. The first-order chi connectivity index (χ1) is 8.11. The highest BCUT2D eigenvalue weighted by molar-refractivity contribution is 7.12. The normalized spacial score (nSPS) is 12.5. The van der Waals surface area contributed by atoms with Crippen molar-refractivity contribution in [2.45, 2.75) is 13.0 Å². The van der Waals surface area contributed by atoms with Gasteiger partial charge in [-0.15, -0.1) is 11.3 Å². The Bertz CT molecular complexity index is 522. The molecular formula is C13H13FO2S. The van der Waals surface area contributed by atoms with E-state index in [1.54, 1.807) is 6.07 Å². The molecule has 90 valence electrons. The minimum absolute atomic E-state index is 0.184. The number of aliphatic hydroxyl groups excluding tert-OH is 1. The monoisotopic (exact) mass is 252 g/mol. The lowest BCUT2D eigenvalue weighted by atomic mass is 10.1. The molecule has 1 unspecified atom stereocenters. The van der Waals surface area contributed by atoms with Crippen LogP contribution in [0.3, 0.4) is 0 Å². The molecule has 2 nitrogen and oxygen atoms in total. The average molecular weight is 252 g/mol. The highest BCUT2D eigenvalue weighted by Crippen LogP contribution is 2.30. The molecule has 2 aromatic rings. The highest BCUT2D eigenvalue weighted by atomic mass is 32.1. The number of hydrogen-bond donors (Lipinski definition) is 1. The summed E-state index contributed by atoms with van der Waals surface area (Å²) in [5.41, 5.74) is 0.533. The van der Waals surface area contributed by atoms with E-state index in [1.807, 2.05) is 19.1 Å². The van der Waals surface area contributed by atoms with E-state index in [1.165, 1.54) is 30.6 Å². The van der Waals surface area contributed by atoms with E-state index >= 15 is 0 Å². The summed E-state index contributed by atoms with van der Waals surface area (Å²) in [7, 11) is 1.41. The van der Waals surface area contributed by atoms with Gasteiger partial charge in [-0.05, 0) is 36.8 Å². The number of halogens is 1. The Labute approximate surface area is 103 Å². The molecule has 1 N–H and O–H groups in total. The van der Waals surface area contributed by atoms with Crippen molar-refractivity contribution >= 4 is 11.3 Å². The van der Waals surface area contributed by atoms with Crippen LogP contribution in [0.4, 0.5) is 4.39 Å². The Morgan fingerprint density at radius 3 is 2.59 bits per heavy atom. The van der Waals surface area contributed by atoms with Crippen molar-refractivity contribution in [2.75, 3.05) is 7.11 Å². The average Bonchev–Trinajstić information content (AvgIpc) is 2.75. The van der Waals surface area contributed by atoms with Crippen molar-refractivity contribution in [3.8, 4) is 5.75 Å². The smallest absolute Gasteiger partial charge is 0.165 e. The van der Waals surface area contributed by atoms with Crippen molar-refractivity contribution < 1.29 is 14.2 Å². The van der Waals surface area contributed by atoms with Gasteiger partial charge in [0.05, 0.1) is 7.11 Å². The topological polar surface area (TPSA) is 29.5 Å². The van der Waals surface area contributed by atoms with Crippen LogP contribution in [0.1, 0.15) is 21.4 Å². The van der Waals surface area contributed by atoms with Gasteiger partial charge in [0.15, 0.2) is 11.6 Å². The van der Waals surface area contributed by atoms with Crippen molar-refractivity contribution in [3.63, 3.8) is 0 Å². The number of rotatable bonds is 3. The van der Waals surface area contributed by atoms with Crippen LogP contribution in [-0.2, 0) is 0 Å². The maximum atomic E-state index is 13.5. The van der Waals surface area contributed by atoms with Gasteiger partial charge in [0.25, 0.3) is 0 Å². The predicted octanol–water partition coefficient (Wildman–Crippen LogP) is 3.29. The summed E-state index contributed by atoms with van der Waals surface area (Å²) >= 11 is 1.50. The zero-order valence-corrected chi connectivity index (χ0v) is 10.4. The van der Waals surface area contributed by atoms with Gasteiger partial charge >= 0.3 is 0 Å². The highest BCUT2D eigenvalue weighted by Gasteiger charge is 2.14. The molecule has 0 aliphatic rings. The van der Waals surface area contributed by atoms with Crippen LogP contribution in [0.2, 0.25) is 0 Å². The lowest BCUT2D eigenvalue weighted by Gasteiger charge is -2.10. The molecule has 0 spiro atoms. The fourth-order valence-corrected chi connectivity index (χ4v) is 2.51. The van der Waals surface area contributed by atoms with E-state index < -0.39 is 11.9 Å². The summed E-state index contributed by atoms with van der Waals surface area (Å²) in [5, 5.41) is 10.1. The molecule has 2 rings (SSSR count). The van der Waals surface area contributed by atoms with Gasteiger partial charge in [0, 0.05) is 9.75 Å². The molecule has 0 fully saturated rings. The molecular weight excluding hydrogens is 239 g/mol. The summed E-state index contributed by atoms with van der Waals surface area (Å²) < 4.78 is 18.3. The van der Waals surface area contributed by atoms with Gasteiger partial charge < -0.3 is 9.84 Å². The molecule has 1 aromatic heterocycles. The lowest BCUT2D eigenvalue weighted by molar-refractivity contribution is 0.223. The molecule has 0 bridgehead atoms. The van der Waals surface area contributed by atoms with Gasteiger partial charge in [-0.3, -0.25) is 0 Å². The summed E-state index contributed by atoms with van der Waals surface area (Å²) in [6.45, 7) is 1.97. The van der Waals surface area contributed by atoms with Crippen LogP contribution in [0.25, 0.3) is 0 Å². The Hall–Kier alpha value is -1.39. The third kappa shape index (κ3) is 2.48. The standard InChI is InChI=1S/C13H13FO2S/c1-8-3-6-12(17-8)13(15)9-4-5-11(16-2)10(14)7-9/h3-7,13,15H,1-2H3. The Morgan fingerprint density at radius 1 is 1.29 bits per heavy atom. The number of ether oxygens (including phenoxy) is 1. The summed E-state index contributed by atoms with van der Waals surface area (Å²) in [6.07, 6.45) is -0.783. The quantitative estimate of drug-likeness (QED) is 0.908. The first-order valence-corrected chi connectivity index (χ1v) is 6.01. The largest absolute Gasteiger partial charge is 0.494 e. The van der Waals surface area contributed by atoms with Crippen LogP contribution in [0.5, 0.6) is 5.75 Å². The molecule has 1 heterocycles. The second-order valence-corrected chi connectivity index (χ2v) is 5.06. The summed E-state index contributed by atoms with van der Waals surface area (Å²) in [4.78, 5) is 1.93. The van der Waals surface area contributed by atoms with E-state index in [4.69, 9.17) is 4.74 Å². The minimum Gasteiger partial charge on any atom is -0.494 e. The third-order valence-corrected chi connectivity index (χ3v) is 3.58. The van der Waals surface area contributed by atoms with E-state index in [9.17, 15) is 9.50 Å². The fraction of sp³-hybridized carbons (Fsp3) is 0.231. The summed E-state index contributed by atoms with van der Waals surface area (Å²) in [5.74, 6) is -0.277. The second-order valence-electron chi connectivity index (χ2n) is 3.74. The van der Waals surface area contributed by atoms with Gasteiger partial charge in [-0.2, -0.15) is 0 Å². The van der Waals surface area contributed by atoms with Crippen LogP contribution in [-0.4, -0.2) is 12.2 Å². The number of benzene rings is 1. The predicted molar refractivity (Wildman–Crippen MR) is 66.1 cm³/mol. The van der Waals surface area contributed by atoms with Gasteiger partial charge in [-0.25, -0.2) is 4.39 Å². The molecule has 1 aromatic carbocycles. The van der Waals surface area contributed by atoms with Crippen molar-refractivity contribution in [1.82, 2.24) is 0 Å². The zero-order chi connectivity index (χ0) is 12.4. The minimum atomic E-state index is -0.783. The molecule has 0 aliphatic heterocycles. The Balaban J connectivity index is 2.31. The second kappa shape index (κ2) is 4.85. The number of aliphatic hydroxyl groups is 1. The summed E-state index contributed by atoms with van der Waals surface area (Å²) in [6, 6.07) is 8.28. The molecule has 0 saturated heterocycles. The van der Waals surface area contributed by atoms with Crippen LogP contribution >= 0.6 is 11.3 Å². The van der Waals surface area contributed by atoms with Crippen molar-refractivity contribution in [2.24, 2.45) is 0 Å². The molecule has 0 saturated carbocycles. The Morgan fingerprint density at radius 2 is 2.06 bits per heavy atom. The maximum absolute atomic E-state index is 13.5. The molecule has 17 heavy (non-hydrogen) atoms. The first-order valence-electron chi connectivity index (χ1n) is 5.19. The first kappa shape index (κ1) is 12.1. The van der Waals surface area contributed by atoms with Gasteiger partial charge in [0.1, 0.15) is 6.10 Å². The number of methoxy groups -OCH3 is 1. The van der Waals surface area contributed by atoms with Crippen LogP contribution in [0, 0.1) is 12.7 Å². The molecule has 0 amide bonds. The zero-order valence-electron chi connectivity index (χ0n) is 9.61. The van der Waals surface area contributed by atoms with E-state index in [-0.39, 0.29) is 5.75 Å². The van der Waals surface area contributed by atoms with Crippen molar-refractivity contribution in [3.05, 3.63) is 51.5 Å². The molecule has 0 radical (unpaired) electrons. The van der Waals surface area contributed by atoms with Gasteiger partial charge in [0.2, 0.25) is 0 Å². The maximum Gasteiger partial charge on any atom is 0.165 e. The number of thiophene rings is 1. The molecule has 0 aliphatic carbocycles. The van der Waals surface area contributed by atoms with Crippen molar-refractivity contribution in [1.29, 1.82) is 0 Å².